The smallest absolute Gasteiger partial charge is 0.335 e. The van der Waals surface area contributed by atoms with Gasteiger partial charge in [-0.3, -0.25) is 4.79 Å². The molecule has 8 rings (SSSR count). The van der Waals surface area contributed by atoms with Crippen molar-refractivity contribution in [1.29, 1.82) is 0 Å². The number of carbonyl (C=O) groups is 2. The van der Waals surface area contributed by atoms with Crippen LogP contribution in [0.4, 0.5) is 0 Å². The lowest BCUT2D eigenvalue weighted by atomic mass is 9.33. The van der Waals surface area contributed by atoms with Gasteiger partial charge in [0.15, 0.2) is 25.0 Å². The van der Waals surface area contributed by atoms with Crippen molar-refractivity contribution in [3.63, 3.8) is 0 Å². The van der Waals surface area contributed by atoms with Crippen molar-refractivity contribution in [3.05, 3.63) is 11.6 Å². The summed E-state index contributed by atoms with van der Waals surface area (Å²) in [5.74, 6) is -3.13. The lowest BCUT2D eigenvalue weighted by molar-refractivity contribution is -0.392. The molecule has 0 bridgehead atoms. The largest absolute Gasteiger partial charge is 0.479 e. The third kappa shape index (κ3) is 8.76. The van der Waals surface area contributed by atoms with Gasteiger partial charge in [-0.25, -0.2) is 4.79 Å². The van der Waals surface area contributed by atoms with E-state index in [0.29, 0.717) is 32.1 Å². The molecule has 73 heavy (non-hydrogen) atoms. The summed E-state index contributed by atoms with van der Waals surface area (Å²) in [6.45, 7) is 10.8. The minimum atomic E-state index is -2.16. The summed E-state index contributed by atoms with van der Waals surface area (Å²) in [7, 11) is 0. The monoisotopic (exact) mass is 1050 g/mol. The summed E-state index contributed by atoms with van der Waals surface area (Å²) in [5.41, 5.74) is -3.82. The minimum absolute atomic E-state index is 0.0497. The first kappa shape index (κ1) is 57.1. The molecule has 27 unspecified atom stereocenters. The van der Waals surface area contributed by atoms with Gasteiger partial charge in [0.1, 0.15) is 73.2 Å². The molecule has 3 saturated heterocycles. The van der Waals surface area contributed by atoms with Crippen LogP contribution < -0.4 is 0 Å². The molecule has 0 aromatic rings. The number of fused-ring (bicyclic) bond motifs is 7. The van der Waals surface area contributed by atoms with Gasteiger partial charge in [0, 0.05) is 12.3 Å². The zero-order valence-electron chi connectivity index (χ0n) is 42.5. The number of rotatable bonds is 12. The second kappa shape index (κ2) is 20.3. The number of aliphatic hydroxyl groups is 13. The lowest BCUT2D eigenvalue weighted by Crippen LogP contribution is -2.72. The molecule has 14 N–H and O–H groups in total. The topological polar surface area (TPSA) is 382 Å². The SMILES string of the molecule is CC(=O)OC1C(O)C(C)(C)CC2C3=CCC4C5(C)CCC(OC6OC(C(=O)O)C(OC7OC(CO)C(O)C(O)C7O)C(O)C6OC6OC(CO)C(O)C(O)C6O)C(C)(CO)C5CCC4(C)C3(C)CC(O)C21CO. The van der Waals surface area contributed by atoms with Gasteiger partial charge in [-0.2, -0.15) is 0 Å². The molecule has 27 atom stereocenters. The second-order valence-electron chi connectivity index (χ2n) is 24.2. The van der Waals surface area contributed by atoms with E-state index in [9.17, 15) is 81.1 Å². The highest BCUT2D eigenvalue weighted by Gasteiger charge is 2.73. The Kier molecular flexibility index (Phi) is 15.9. The van der Waals surface area contributed by atoms with Gasteiger partial charge < -0.3 is 105 Å². The van der Waals surface area contributed by atoms with Crippen LogP contribution in [0.25, 0.3) is 0 Å². The van der Waals surface area contributed by atoms with E-state index in [-0.39, 0.29) is 24.7 Å². The van der Waals surface area contributed by atoms with E-state index >= 15 is 0 Å². The number of carboxylic acid groups (broad SMARTS) is 1. The van der Waals surface area contributed by atoms with Crippen molar-refractivity contribution in [2.75, 3.05) is 26.4 Å². The van der Waals surface area contributed by atoms with Gasteiger partial charge >= 0.3 is 11.9 Å². The van der Waals surface area contributed by atoms with Crippen LogP contribution in [0.15, 0.2) is 11.6 Å². The number of hydrogen-bond donors (Lipinski definition) is 14. The molecule has 0 aromatic carbocycles. The Balaban J connectivity index is 1.11. The number of aliphatic hydroxyl groups excluding tert-OH is 13. The number of carboxylic acids is 1. The van der Waals surface area contributed by atoms with Gasteiger partial charge in [0.2, 0.25) is 0 Å². The minimum Gasteiger partial charge on any atom is -0.479 e. The average molecular weight is 1050 g/mol. The molecule has 418 valence electrons. The van der Waals surface area contributed by atoms with Crippen LogP contribution in [-0.2, 0) is 42.7 Å². The van der Waals surface area contributed by atoms with Crippen LogP contribution in [0.5, 0.6) is 0 Å². The molecule has 4 saturated carbocycles. The summed E-state index contributed by atoms with van der Waals surface area (Å²) in [6.07, 6.45) is -27.8. The fraction of sp³-hybridized carbons (Fsp3) is 0.920. The zero-order chi connectivity index (χ0) is 53.9. The number of hydrogen-bond acceptors (Lipinski definition) is 22. The van der Waals surface area contributed by atoms with E-state index in [0.717, 1.165) is 5.57 Å². The summed E-state index contributed by atoms with van der Waals surface area (Å²) in [5, 5.41) is 154. The fourth-order valence-electron chi connectivity index (χ4n) is 15.7. The van der Waals surface area contributed by atoms with E-state index in [1.165, 1.54) is 6.92 Å². The van der Waals surface area contributed by atoms with Crippen molar-refractivity contribution < 1.29 is 114 Å². The molecule has 5 aliphatic carbocycles. The molecule has 3 aliphatic heterocycles. The Hall–Kier alpha value is -2.08. The highest BCUT2D eigenvalue weighted by molar-refractivity contribution is 5.73. The van der Waals surface area contributed by atoms with Crippen molar-refractivity contribution in [2.24, 2.45) is 50.2 Å². The molecule has 0 aromatic heterocycles. The fourth-order valence-corrected chi connectivity index (χ4v) is 15.7. The number of aliphatic carboxylic acids is 1. The van der Waals surface area contributed by atoms with Crippen molar-refractivity contribution >= 4 is 11.9 Å². The highest BCUT2D eigenvalue weighted by atomic mass is 16.8. The Bertz CT molecular complexity index is 2040. The maximum Gasteiger partial charge on any atom is 0.335 e. The number of allylic oxidation sites excluding steroid dienone is 2. The van der Waals surface area contributed by atoms with Crippen LogP contribution in [0.1, 0.15) is 93.4 Å². The van der Waals surface area contributed by atoms with Crippen LogP contribution in [0, 0.1) is 50.2 Å². The summed E-state index contributed by atoms with van der Waals surface area (Å²) < 4.78 is 41.6. The molecule has 7 fully saturated rings. The van der Waals surface area contributed by atoms with E-state index in [1.54, 1.807) is 0 Å². The Morgan fingerprint density at radius 3 is 1.75 bits per heavy atom. The van der Waals surface area contributed by atoms with E-state index in [4.69, 9.17) is 33.2 Å². The quantitative estimate of drug-likeness (QED) is 0.0532. The zero-order valence-corrected chi connectivity index (χ0v) is 42.5. The summed E-state index contributed by atoms with van der Waals surface area (Å²) in [4.78, 5) is 25.6. The first-order valence-electron chi connectivity index (χ1n) is 25.7. The Morgan fingerprint density at radius 2 is 1.23 bits per heavy atom. The normalized spacial score (nSPS) is 53.7. The number of esters is 1. The maximum absolute atomic E-state index is 13.1. The lowest BCUT2D eigenvalue weighted by Gasteiger charge is -2.72. The molecule has 23 nitrogen and oxygen atoms in total. The molecular weight excluding hydrogens is 969 g/mol. The number of ether oxygens (including phenoxy) is 7. The number of carbonyl (C=O) groups excluding carboxylic acids is 1. The van der Waals surface area contributed by atoms with Crippen LogP contribution in [0.2, 0.25) is 0 Å². The Labute approximate surface area is 423 Å². The van der Waals surface area contributed by atoms with Gasteiger partial charge in [-0.1, -0.05) is 53.2 Å². The summed E-state index contributed by atoms with van der Waals surface area (Å²) >= 11 is 0. The van der Waals surface area contributed by atoms with Crippen molar-refractivity contribution in [1.82, 2.24) is 0 Å². The van der Waals surface area contributed by atoms with Gasteiger partial charge in [0.25, 0.3) is 0 Å². The molecule has 23 heteroatoms. The predicted molar refractivity (Wildman–Crippen MR) is 246 cm³/mol. The van der Waals surface area contributed by atoms with E-state index < -0.39 is 193 Å². The average Bonchev–Trinajstić information content (AvgIpc) is 3.33. The summed E-state index contributed by atoms with van der Waals surface area (Å²) in [6, 6.07) is 0. The Morgan fingerprint density at radius 1 is 0.658 bits per heavy atom. The highest BCUT2D eigenvalue weighted by Crippen LogP contribution is 2.76. The van der Waals surface area contributed by atoms with Crippen LogP contribution >= 0.6 is 0 Å². The van der Waals surface area contributed by atoms with E-state index in [2.05, 4.69) is 26.8 Å². The van der Waals surface area contributed by atoms with Gasteiger partial charge in [-0.05, 0) is 84.4 Å². The van der Waals surface area contributed by atoms with E-state index in [1.807, 2.05) is 20.8 Å². The third-order valence-corrected chi connectivity index (χ3v) is 20.1. The third-order valence-electron chi connectivity index (χ3n) is 20.1. The molecule has 3 heterocycles. The first-order chi connectivity index (χ1) is 34.1. The maximum atomic E-state index is 13.1. The van der Waals surface area contributed by atoms with Crippen molar-refractivity contribution in [2.45, 2.75) is 210 Å². The molecule has 8 aliphatic rings. The van der Waals surface area contributed by atoms with Crippen LogP contribution in [-0.4, -0.2) is 226 Å². The second-order valence-corrected chi connectivity index (χ2v) is 24.2. The van der Waals surface area contributed by atoms with Gasteiger partial charge in [0.05, 0.1) is 50.2 Å². The van der Waals surface area contributed by atoms with Gasteiger partial charge in [-0.15, -0.1) is 0 Å². The predicted octanol–water partition coefficient (Wildman–Crippen LogP) is -2.84. The molecule has 0 amide bonds. The molecule has 0 radical (unpaired) electrons. The van der Waals surface area contributed by atoms with Crippen molar-refractivity contribution in [3.8, 4) is 0 Å². The standard InChI is InChI=1S/C50H80O23/c1-20(55)67-40-39(64)45(2,3)14-22-21-8-9-26-46(4)12-11-28(47(5,18-53)25(46)10-13-48(26,6)49(21,7)15-27(56)50(22,40)19-54)70-44-37(72-43-34(62)32(60)30(58)24(17-52)69-43)35(63)36(38(73-44)41(65)66)71-42-33(61)31(59)29(57)23(16-51)68-42/h8,22-40,42-44,51-54,56-64H,9-19H2,1-7H3,(H,65,66). The first-order valence-corrected chi connectivity index (χ1v) is 25.7. The molecule has 0 spiro atoms. The van der Waals surface area contributed by atoms with Crippen LogP contribution in [0.3, 0.4) is 0 Å². The molecular formula is C50H80O23.